The molecule has 0 radical (unpaired) electrons. The molecule has 18 heavy (non-hydrogen) atoms. The van der Waals surface area contributed by atoms with Gasteiger partial charge in [0, 0.05) is 49.3 Å². The fourth-order valence-electron chi connectivity index (χ4n) is 2.15. The summed E-state index contributed by atoms with van der Waals surface area (Å²) in [5, 5.41) is 3.56. The van der Waals surface area contributed by atoms with E-state index in [1.807, 2.05) is 18.3 Å². The second-order valence-electron chi connectivity index (χ2n) is 4.92. The Morgan fingerprint density at radius 1 is 1.22 bits per heavy atom. The SMILES string of the molecule is c1ccc(CCn2cccc2CNC2CC2)nc1. The fourth-order valence-corrected chi connectivity index (χ4v) is 2.15. The maximum absolute atomic E-state index is 4.36. The van der Waals surface area contributed by atoms with Crippen LogP contribution in [-0.4, -0.2) is 15.6 Å². The van der Waals surface area contributed by atoms with E-state index in [9.17, 15) is 0 Å². The van der Waals surface area contributed by atoms with Crippen LogP contribution < -0.4 is 5.32 Å². The van der Waals surface area contributed by atoms with Gasteiger partial charge in [-0.15, -0.1) is 0 Å². The highest BCUT2D eigenvalue weighted by Gasteiger charge is 2.20. The molecule has 0 saturated heterocycles. The zero-order valence-electron chi connectivity index (χ0n) is 10.5. The second kappa shape index (κ2) is 5.36. The quantitative estimate of drug-likeness (QED) is 0.841. The first-order valence-electron chi connectivity index (χ1n) is 6.69. The van der Waals surface area contributed by atoms with Crippen LogP contribution in [-0.2, 0) is 19.5 Å². The Balaban J connectivity index is 1.56. The summed E-state index contributed by atoms with van der Waals surface area (Å²) in [6.45, 7) is 1.99. The normalized spacial score (nSPS) is 14.9. The first-order valence-corrected chi connectivity index (χ1v) is 6.69. The minimum Gasteiger partial charge on any atom is -0.350 e. The molecule has 3 rings (SSSR count). The van der Waals surface area contributed by atoms with Crippen LogP contribution >= 0.6 is 0 Å². The van der Waals surface area contributed by atoms with Gasteiger partial charge in [-0.05, 0) is 37.1 Å². The van der Waals surface area contributed by atoms with Gasteiger partial charge in [0.25, 0.3) is 0 Å². The van der Waals surface area contributed by atoms with Crippen molar-refractivity contribution in [2.24, 2.45) is 0 Å². The van der Waals surface area contributed by atoms with Crippen molar-refractivity contribution in [1.82, 2.24) is 14.9 Å². The third-order valence-electron chi connectivity index (χ3n) is 3.41. The molecule has 1 aliphatic carbocycles. The van der Waals surface area contributed by atoms with Crippen LogP contribution in [0, 0.1) is 0 Å². The van der Waals surface area contributed by atoms with Crippen LogP contribution in [0.1, 0.15) is 24.2 Å². The van der Waals surface area contributed by atoms with Gasteiger partial charge in [-0.2, -0.15) is 0 Å². The van der Waals surface area contributed by atoms with E-state index >= 15 is 0 Å². The van der Waals surface area contributed by atoms with Crippen molar-refractivity contribution in [2.75, 3.05) is 0 Å². The minimum absolute atomic E-state index is 0.768. The molecule has 0 bridgehead atoms. The van der Waals surface area contributed by atoms with Crippen LogP contribution in [0.25, 0.3) is 0 Å². The third kappa shape index (κ3) is 2.99. The predicted molar refractivity (Wildman–Crippen MR) is 72.2 cm³/mol. The molecule has 1 saturated carbocycles. The molecular formula is C15H19N3. The largest absolute Gasteiger partial charge is 0.350 e. The van der Waals surface area contributed by atoms with E-state index in [4.69, 9.17) is 0 Å². The highest BCUT2D eigenvalue weighted by atomic mass is 15.0. The van der Waals surface area contributed by atoms with E-state index in [-0.39, 0.29) is 0 Å². The summed E-state index contributed by atoms with van der Waals surface area (Å²) in [5.74, 6) is 0. The maximum atomic E-state index is 4.36. The molecule has 2 aromatic rings. The summed E-state index contributed by atoms with van der Waals surface area (Å²) in [5.41, 5.74) is 2.53. The molecule has 0 aliphatic heterocycles. The lowest BCUT2D eigenvalue weighted by atomic mass is 10.2. The Kier molecular flexibility index (Phi) is 3.42. The van der Waals surface area contributed by atoms with Gasteiger partial charge < -0.3 is 9.88 Å². The second-order valence-corrected chi connectivity index (χ2v) is 4.92. The standard InChI is InChI=1S/C15H19N3/c1-2-9-16-13(4-1)8-11-18-10-3-5-15(18)12-17-14-6-7-14/h1-5,9-10,14,17H,6-8,11-12H2. The molecule has 3 nitrogen and oxygen atoms in total. The summed E-state index contributed by atoms with van der Waals surface area (Å²) >= 11 is 0. The number of rotatable bonds is 6. The van der Waals surface area contributed by atoms with Gasteiger partial charge in [-0.25, -0.2) is 0 Å². The van der Waals surface area contributed by atoms with Crippen LogP contribution in [0.3, 0.4) is 0 Å². The van der Waals surface area contributed by atoms with Gasteiger partial charge in [-0.1, -0.05) is 6.07 Å². The average molecular weight is 241 g/mol. The summed E-state index contributed by atoms with van der Waals surface area (Å²) in [4.78, 5) is 4.36. The molecule has 2 aromatic heterocycles. The van der Waals surface area contributed by atoms with E-state index in [0.717, 1.165) is 31.2 Å². The number of hydrogen-bond donors (Lipinski definition) is 1. The fraction of sp³-hybridized carbons (Fsp3) is 0.400. The van der Waals surface area contributed by atoms with E-state index in [0.29, 0.717) is 0 Å². The lowest BCUT2D eigenvalue weighted by Crippen LogP contribution is -2.18. The zero-order chi connectivity index (χ0) is 12.2. The molecule has 0 aromatic carbocycles. The Hall–Kier alpha value is -1.61. The Morgan fingerprint density at radius 3 is 2.94 bits per heavy atom. The van der Waals surface area contributed by atoms with E-state index in [2.05, 4.69) is 39.3 Å². The molecule has 0 spiro atoms. The molecule has 94 valence electrons. The molecular weight excluding hydrogens is 222 g/mol. The van der Waals surface area contributed by atoms with Crippen molar-refractivity contribution in [3.8, 4) is 0 Å². The smallest absolute Gasteiger partial charge is 0.0421 e. The Bertz CT molecular complexity index is 485. The van der Waals surface area contributed by atoms with E-state index in [1.54, 1.807) is 0 Å². The molecule has 0 amide bonds. The number of aromatic nitrogens is 2. The van der Waals surface area contributed by atoms with Crippen molar-refractivity contribution in [2.45, 2.75) is 38.4 Å². The first kappa shape index (κ1) is 11.5. The zero-order valence-corrected chi connectivity index (χ0v) is 10.5. The molecule has 2 heterocycles. The number of nitrogens with zero attached hydrogens (tertiary/aromatic N) is 2. The van der Waals surface area contributed by atoms with E-state index < -0.39 is 0 Å². The summed E-state index contributed by atoms with van der Waals surface area (Å²) < 4.78 is 2.32. The van der Waals surface area contributed by atoms with Crippen molar-refractivity contribution < 1.29 is 0 Å². The van der Waals surface area contributed by atoms with Gasteiger partial charge in [0.1, 0.15) is 0 Å². The predicted octanol–water partition coefficient (Wildman–Crippen LogP) is 2.38. The highest BCUT2D eigenvalue weighted by Crippen LogP contribution is 2.19. The molecule has 1 aliphatic rings. The van der Waals surface area contributed by atoms with Gasteiger partial charge in [0.2, 0.25) is 0 Å². The minimum atomic E-state index is 0.768. The van der Waals surface area contributed by atoms with Crippen LogP contribution in [0.2, 0.25) is 0 Å². The lowest BCUT2D eigenvalue weighted by Gasteiger charge is -2.09. The molecule has 1 fully saturated rings. The first-order chi connectivity index (χ1) is 8.92. The van der Waals surface area contributed by atoms with Gasteiger partial charge in [0.05, 0.1) is 0 Å². The van der Waals surface area contributed by atoms with Crippen molar-refractivity contribution in [1.29, 1.82) is 0 Å². The number of nitrogens with one attached hydrogen (secondary N) is 1. The number of aryl methyl sites for hydroxylation is 2. The summed E-state index contributed by atoms with van der Waals surface area (Å²) in [6.07, 6.45) is 7.70. The summed E-state index contributed by atoms with van der Waals surface area (Å²) in [6, 6.07) is 11.2. The third-order valence-corrected chi connectivity index (χ3v) is 3.41. The topological polar surface area (TPSA) is 29.9 Å². The van der Waals surface area contributed by atoms with E-state index in [1.165, 1.54) is 18.5 Å². The van der Waals surface area contributed by atoms with Crippen molar-refractivity contribution >= 4 is 0 Å². The maximum Gasteiger partial charge on any atom is 0.0421 e. The average Bonchev–Trinajstić information content (AvgIpc) is 3.14. The van der Waals surface area contributed by atoms with Gasteiger partial charge in [0.15, 0.2) is 0 Å². The Labute approximate surface area is 108 Å². The van der Waals surface area contributed by atoms with Gasteiger partial charge in [-0.3, -0.25) is 4.98 Å². The summed E-state index contributed by atoms with van der Waals surface area (Å²) in [7, 11) is 0. The highest BCUT2D eigenvalue weighted by molar-refractivity contribution is 5.09. The molecule has 1 N–H and O–H groups in total. The van der Waals surface area contributed by atoms with Crippen LogP contribution in [0.4, 0.5) is 0 Å². The van der Waals surface area contributed by atoms with Crippen LogP contribution in [0.15, 0.2) is 42.7 Å². The number of pyridine rings is 1. The molecule has 3 heteroatoms. The molecule has 0 atom stereocenters. The van der Waals surface area contributed by atoms with Gasteiger partial charge >= 0.3 is 0 Å². The Morgan fingerprint density at radius 2 is 2.17 bits per heavy atom. The van der Waals surface area contributed by atoms with Crippen molar-refractivity contribution in [3.63, 3.8) is 0 Å². The van der Waals surface area contributed by atoms with Crippen LogP contribution in [0.5, 0.6) is 0 Å². The number of hydrogen-bond acceptors (Lipinski definition) is 2. The lowest BCUT2D eigenvalue weighted by molar-refractivity contribution is 0.603. The van der Waals surface area contributed by atoms with Crippen molar-refractivity contribution in [3.05, 3.63) is 54.1 Å². The molecule has 0 unspecified atom stereocenters. The monoisotopic (exact) mass is 241 g/mol.